The number of halogens is 2. The highest BCUT2D eigenvalue weighted by Crippen LogP contribution is 2.43. The Morgan fingerprint density at radius 2 is 1.95 bits per heavy atom. The van der Waals surface area contributed by atoms with Gasteiger partial charge in [0.25, 0.3) is 0 Å². The topological polar surface area (TPSA) is 72.6 Å². The third-order valence-corrected chi connectivity index (χ3v) is 3.91. The Hall–Kier alpha value is -1.69. The van der Waals surface area contributed by atoms with Crippen LogP contribution in [-0.2, 0) is 10.2 Å². The number of hydrogen-bond donors (Lipinski definition) is 2. The molecule has 0 aliphatic heterocycles. The minimum atomic E-state index is -2.98. The summed E-state index contributed by atoms with van der Waals surface area (Å²) in [5.74, 6) is -1.09. The van der Waals surface area contributed by atoms with Gasteiger partial charge in [-0.3, -0.25) is 4.79 Å². The van der Waals surface area contributed by atoms with Gasteiger partial charge in [-0.1, -0.05) is 18.2 Å². The number of alkyl halides is 2. The lowest BCUT2D eigenvalue weighted by atomic mass is 9.68. The van der Waals surface area contributed by atoms with Crippen LogP contribution < -0.4 is 10.5 Å². The highest BCUT2D eigenvalue weighted by atomic mass is 19.3. The average molecular weight is 285 g/mol. The zero-order valence-corrected chi connectivity index (χ0v) is 10.9. The van der Waals surface area contributed by atoms with Crippen LogP contribution in [0.25, 0.3) is 0 Å². The van der Waals surface area contributed by atoms with E-state index in [1.54, 1.807) is 18.2 Å². The molecule has 1 aliphatic rings. The standard InChI is InChI=1S/C14H17F2NO3/c15-13(16)20-11-4-2-1-3-10(11)14(12(18)19)7-5-9(17)6-8-14/h1-4,9,13H,5-8,17H2,(H,18,19). The molecule has 6 heteroatoms. The maximum Gasteiger partial charge on any atom is 0.387 e. The first-order valence-corrected chi connectivity index (χ1v) is 6.49. The molecule has 2 rings (SSSR count). The second kappa shape index (κ2) is 5.75. The van der Waals surface area contributed by atoms with Gasteiger partial charge in [-0.05, 0) is 31.7 Å². The molecule has 3 N–H and O–H groups in total. The molecule has 0 unspecified atom stereocenters. The Bertz CT molecular complexity index is 485. The number of hydrogen-bond acceptors (Lipinski definition) is 3. The van der Waals surface area contributed by atoms with E-state index in [1.165, 1.54) is 6.07 Å². The quantitative estimate of drug-likeness (QED) is 0.891. The summed E-state index contributed by atoms with van der Waals surface area (Å²) in [6.45, 7) is -2.98. The van der Waals surface area contributed by atoms with E-state index in [2.05, 4.69) is 4.74 Å². The zero-order valence-electron chi connectivity index (χ0n) is 10.9. The number of carboxylic acids is 1. The molecule has 1 fully saturated rings. The summed E-state index contributed by atoms with van der Waals surface area (Å²) in [5.41, 5.74) is 4.92. The van der Waals surface area contributed by atoms with E-state index in [-0.39, 0.29) is 11.8 Å². The maximum atomic E-state index is 12.5. The van der Waals surface area contributed by atoms with Crippen LogP contribution in [0.1, 0.15) is 31.2 Å². The van der Waals surface area contributed by atoms with Crippen molar-refractivity contribution >= 4 is 5.97 Å². The predicted octanol–water partition coefficient (Wildman–Crippen LogP) is 2.51. The van der Waals surface area contributed by atoms with Crippen molar-refractivity contribution in [3.8, 4) is 5.75 Å². The lowest BCUT2D eigenvalue weighted by Crippen LogP contribution is -2.43. The van der Waals surface area contributed by atoms with E-state index in [4.69, 9.17) is 5.73 Å². The van der Waals surface area contributed by atoms with Gasteiger partial charge in [0.15, 0.2) is 0 Å². The molecule has 1 aromatic rings. The van der Waals surface area contributed by atoms with Gasteiger partial charge in [-0.2, -0.15) is 8.78 Å². The fraction of sp³-hybridized carbons (Fsp3) is 0.500. The number of rotatable bonds is 4. The Morgan fingerprint density at radius 3 is 2.50 bits per heavy atom. The fourth-order valence-corrected chi connectivity index (χ4v) is 2.79. The summed E-state index contributed by atoms with van der Waals surface area (Å²) in [5, 5.41) is 9.60. The van der Waals surface area contributed by atoms with Crippen LogP contribution in [0.15, 0.2) is 24.3 Å². The van der Waals surface area contributed by atoms with Gasteiger partial charge in [-0.15, -0.1) is 0 Å². The number of aliphatic carboxylic acids is 1. The van der Waals surface area contributed by atoms with Gasteiger partial charge < -0.3 is 15.6 Å². The Morgan fingerprint density at radius 1 is 1.35 bits per heavy atom. The van der Waals surface area contributed by atoms with Crippen LogP contribution in [0.4, 0.5) is 8.78 Å². The van der Waals surface area contributed by atoms with Crippen LogP contribution in [-0.4, -0.2) is 23.7 Å². The maximum absolute atomic E-state index is 12.5. The SMILES string of the molecule is NC1CCC(C(=O)O)(c2ccccc2OC(F)F)CC1. The molecule has 1 aliphatic carbocycles. The van der Waals surface area contributed by atoms with Crippen molar-refractivity contribution in [3.05, 3.63) is 29.8 Å². The van der Waals surface area contributed by atoms with E-state index in [0.717, 1.165) is 0 Å². The van der Waals surface area contributed by atoms with Gasteiger partial charge in [0.2, 0.25) is 0 Å². The smallest absolute Gasteiger partial charge is 0.387 e. The van der Waals surface area contributed by atoms with E-state index in [9.17, 15) is 18.7 Å². The molecule has 4 nitrogen and oxygen atoms in total. The molecule has 1 aromatic carbocycles. The molecule has 0 aromatic heterocycles. The summed E-state index contributed by atoms with van der Waals surface area (Å²) in [7, 11) is 0. The number of benzene rings is 1. The first-order valence-electron chi connectivity index (χ1n) is 6.49. The molecule has 1 saturated carbocycles. The summed E-state index contributed by atoms with van der Waals surface area (Å²) in [4.78, 5) is 11.7. The van der Waals surface area contributed by atoms with Crippen LogP contribution in [0.3, 0.4) is 0 Å². The summed E-state index contributed by atoms with van der Waals surface area (Å²) >= 11 is 0. The normalized spacial score (nSPS) is 26.5. The molecule has 110 valence electrons. The molecule has 0 saturated heterocycles. The highest BCUT2D eigenvalue weighted by molar-refractivity contribution is 5.82. The molecule has 0 heterocycles. The number of para-hydroxylation sites is 1. The Balaban J connectivity index is 2.42. The Labute approximate surface area is 115 Å². The monoisotopic (exact) mass is 285 g/mol. The van der Waals surface area contributed by atoms with Gasteiger partial charge in [-0.25, -0.2) is 0 Å². The van der Waals surface area contributed by atoms with E-state index >= 15 is 0 Å². The van der Waals surface area contributed by atoms with Crippen LogP contribution >= 0.6 is 0 Å². The summed E-state index contributed by atoms with van der Waals surface area (Å²) in [6.07, 6.45) is 1.75. The van der Waals surface area contributed by atoms with Crippen molar-refractivity contribution in [2.24, 2.45) is 5.73 Å². The number of nitrogens with two attached hydrogens (primary N) is 1. The molecule has 0 atom stereocenters. The third-order valence-electron chi connectivity index (χ3n) is 3.91. The van der Waals surface area contributed by atoms with Crippen molar-refractivity contribution in [1.29, 1.82) is 0 Å². The van der Waals surface area contributed by atoms with Gasteiger partial charge in [0, 0.05) is 11.6 Å². The van der Waals surface area contributed by atoms with Gasteiger partial charge in [0.1, 0.15) is 5.75 Å². The van der Waals surface area contributed by atoms with E-state index in [0.29, 0.717) is 31.2 Å². The van der Waals surface area contributed by atoms with Crippen molar-refractivity contribution < 1.29 is 23.4 Å². The van der Waals surface area contributed by atoms with Crippen LogP contribution in [0.2, 0.25) is 0 Å². The molecule has 0 radical (unpaired) electrons. The minimum Gasteiger partial charge on any atom is -0.481 e. The van der Waals surface area contributed by atoms with Crippen molar-refractivity contribution in [2.75, 3.05) is 0 Å². The lowest BCUT2D eigenvalue weighted by Gasteiger charge is -2.36. The van der Waals surface area contributed by atoms with Gasteiger partial charge >= 0.3 is 12.6 Å². The summed E-state index contributed by atoms with van der Waals surface area (Å²) in [6, 6.07) is 6.06. The zero-order chi connectivity index (χ0) is 14.8. The molecular weight excluding hydrogens is 268 g/mol. The predicted molar refractivity (Wildman–Crippen MR) is 68.8 cm³/mol. The second-order valence-electron chi connectivity index (χ2n) is 5.10. The molecule has 0 amide bonds. The first kappa shape index (κ1) is 14.7. The minimum absolute atomic E-state index is 0.0364. The second-order valence-corrected chi connectivity index (χ2v) is 5.10. The number of ether oxygens (including phenoxy) is 1. The lowest BCUT2D eigenvalue weighted by molar-refractivity contribution is -0.145. The Kier molecular flexibility index (Phi) is 4.23. The van der Waals surface area contributed by atoms with Gasteiger partial charge in [0.05, 0.1) is 5.41 Å². The van der Waals surface area contributed by atoms with E-state index in [1.807, 2.05) is 0 Å². The average Bonchev–Trinajstić information content (AvgIpc) is 2.40. The number of carbonyl (C=O) groups is 1. The van der Waals surface area contributed by atoms with Crippen molar-refractivity contribution in [1.82, 2.24) is 0 Å². The van der Waals surface area contributed by atoms with Crippen molar-refractivity contribution in [3.63, 3.8) is 0 Å². The summed E-state index contributed by atoms with van der Waals surface area (Å²) < 4.78 is 29.4. The highest BCUT2D eigenvalue weighted by Gasteiger charge is 2.44. The third kappa shape index (κ3) is 2.75. The van der Waals surface area contributed by atoms with Crippen LogP contribution in [0, 0.1) is 0 Å². The van der Waals surface area contributed by atoms with Crippen molar-refractivity contribution in [2.45, 2.75) is 43.8 Å². The molecular formula is C14H17F2NO3. The largest absolute Gasteiger partial charge is 0.481 e. The molecule has 0 bridgehead atoms. The molecule has 0 spiro atoms. The number of carboxylic acid groups (broad SMARTS) is 1. The van der Waals surface area contributed by atoms with Crippen LogP contribution in [0.5, 0.6) is 5.75 Å². The fourth-order valence-electron chi connectivity index (χ4n) is 2.79. The van der Waals surface area contributed by atoms with E-state index < -0.39 is 18.0 Å². The molecule has 20 heavy (non-hydrogen) atoms. The first-order chi connectivity index (χ1) is 9.45.